The van der Waals surface area contributed by atoms with Crippen molar-refractivity contribution in [3.8, 4) is 0 Å². The average Bonchev–Trinajstić information content (AvgIpc) is 2.00. The van der Waals surface area contributed by atoms with Crippen molar-refractivity contribution in [1.29, 1.82) is 0 Å². The second-order valence-electron chi connectivity index (χ2n) is 3.19. The third kappa shape index (κ3) is 6.34. The predicted octanol–water partition coefficient (Wildman–Crippen LogP) is 1.93. The second-order valence-corrected chi connectivity index (χ2v) is 3.19. The van der Waals surface area contributed by atoms with E-state index in [4.69, 9.17) is 17.0 Å². The lowest BCUT2D eigenvalue weighted by molar-refractivity contribution is -0.305. The number of methoxy groups -OCH3 is 1. The molecule has 0 spiro atoms. The summed E-state index contributed by atoms with van der Waals surface area (Å²) in [7, 11) is 1.38. The van der Waals surface area contributed by atoms with Crippen molar-refractivity contribution in [2.24, 2.45) is 0 Å². The van der Waals surface area contributed by atoms with Crippen LogP contribution >= 0.6 is 0 Å². The first-order valence-corrected chi connectivity index (χ1v) is 3.72. The number of ether oxygens (including phenoxy) is 3. The molecule has 0 amide bonds. The molecule has 3 heteroatoms. The molecule has 0 bridgehead atoms. The molecule has 72 valence electrons. The molecule has 0 aromatic carbocycles. The Morgan fingerprint density at radius 3 is 2.50 bits per heavy atom. The highest BCUT2D eigenvalue weighted by molar-refractivity contribution is 4.64. The van der Waals surface area contributed by atoms with Crippen molar-refractivity contribution >= 4 is 0 Å². The summed E-state index contributed by atoms with van der Waals surface area (Å²) in [5.74, 6) is 0. The van der Waals surface area contributed by atoms with Gasteiger partial charge in [0.25, 0.3) is 6.48 Å². The van der Waals surface area contributed by atoms with Crippen molar-refractivity contribution in [1.82, 2.24) is 0 Å². The van der Waals surface area contributed by atoms with Gasteiger partial charge < -0.3 is 14.2 Å². The maximum atomic E-state index is 7.28. The maximum absolute atomic E-state index is 7.28. The Labute approximate surface area is 77.1 Å². The standard InChI is InChI=1S/C9H18O3/c1-6-7-11-8(10-5)12-9(2,3)4/h6,8H,1,7H2,2-5H3/i7D2. The van der Waals surface area contributed by atoms with E-state index in [1.54, 1.807) is 0 Å². The zero-order valence-corrected chi connectivity index (χ0v) is 8.09. The fourth-order valence-electron chi connectivity index (χ4n) is 0.513. The summed E-state index contributed by atoms with van der Waals surface area (Å²) in [4.78, 5) is 0. The summed E-state index contributed by atoms with van der Waals surface area (Å²) in [5.41, 5.74) is -0.460. The van der Waals surface area contributed by atoms with Crippen LogP contribution < -0.4 is 0 Å². The van der Waals surface area contributed by atoms with Crippen LogP contribution in [0.5, 0.6) is 0 Å². The molecule has 0 radical (unpaired) electrons. The molecule has 0 N–H and O–H groups in total. The van der Waals surface area contributed by atoms with E-state index < -0.39 is 18.6 Å². The lowest BCUT2D eigenvalue weighted by atomic mass is 10.2. The molecular weight excluding hydrogens is 156 g/mol. The molecule has 0 saturated heterocycles. The SMILES string of the molecule is [2H]C([2H])(C=C)OC(OC)OC(C)(C)C. The molecule has 0 aromatic heterocycles. The average molecular weight is 176 g/mol. The van der Waals surface area contributed by atoms with E-state index >= 15 is 0 Å². The molecule has 0 aliphatic carbocycles. The van der Waals surface area contributed by atoms with Crippen molar-refractivity contribution in [2.75, 3.05) is 13.7 Å². The van der Waals surface area contributed by atoms with Crippen LogP contribution in [-0.2, 0) is 14.2 Å². The second kappa shape index (κ2) is 5.30. The summed E-state index contributed by atoms with van der Waals surface area (Å²) >= 11 is 0. The molecule has 0 aromatic rings. The minimum atomic E-state index is -1.95. The molecule has 0 fully saturated rings. The Bertz CT molecular complexity index is 187. The Balaban J connectivity index is 4.23. The number of hydrogen-bond acceptors (Lipinski definition) is 3. The topological polar surface area (TPSA) is 27.7 Å². The van der Waals surface area contributed by atoms with E-state index in [0.29, 0.717) is 0 Å². The molecular formula is C9H18O3. The molecule has 0 rings (SSSR count). The monoisotopic (exact) mass is 176 g/mol. The van der Waals surface area contributed by atoms with Gasteiger partial charge in [-0.05, 0) is 20.8 Å². The third-order valence-corrected chi connectivity index (χ3v) is 0.890. The first-order valence-electron chi connectivity index (χ1n) is 4.72. The van der Waals surface area contributed by atoms with Crippen molar-refractivity contribution in [2.45, 2.75) is 32.8 Å². The first kappa shape index (κ1) is 8.23. The van der Waals surface area contributed by atoms with E-state index in [2.05, 4.69) is 6.58 Å². The zero-order chi connectivity index (χ0) is 11.4. The smallest absolute Gasteiger partial charge is 0.272 e. The van der Waals surface area contributed by atoms with Gasteiger partial charge in [-0.2, -0.15) is 0 Å². The Hall–Kier alpha value is -0.380. The minimum Gasteiger partial charge on any atom is -0.333 e. The summed E-state index contributed by atoms with van der Waals surface area (Å²) in [6.07, 6.45) is 1.05. The van der Waals surface area contributed by atoms with Crippen LogP contribution in [-0.4, -0.2) is 25.7 Å². The van der Waals surface area contributed by atoms with Gasteiger partial charge in [0.05, 0.1) is 14.9 Å². The van der Waals surface area contributed by atoms with Crippen molar-refractivity contribution < 1.29 is 17.0 Å². The highest BCUT2D eigenvalue weighted by Gasteiger charge is 2.17. The van der Waals surface area contributed by atoms with E-state index in [1.165, 1.54) is 7.11 Å². The van der Waals surface area contributed by atoms with Crippen LogP contribution in [0.25, 0.3) is 0 Å². The van der Waals surface area contributed by atoms with Gasteiger partial charge >= 0.3 is 0 Å². The molecule has 12 heavy (non-hydrogen) atoms. The lowest BCUT2D eigenvalue weighted by Crippen LogP contribution is -2.30. The van der Waals surface area contributed by atoms with Gasteiger partial charge in [0, 0.05) is 7.11 Å². The van der Waals surface area contributed by atoms with Crippen LogP contribution in [0.15, 0.2) is 12.7 Å². The molecule has 1 unspecified atom stereocenters. The Morgan fingerprint density at radius 2 is 2.17 bits per heavy atom. The van der Waals surface area contributed by atoms with Crippen LogP contribution in [0.4, 0.5) is 0 Å². The fourth-order valence-corrected chi connectivity index (χ4v) is 0.513. The van der Waals surface area contributed by atoms with E-state index in [1.807, 2.05) is 20.8 Å². The molecule has 0 heterocycles. The van der Waals surface area contributed by atoms with E-state index in [0.717, 1.165) is 6.08 Å². The normalized spacial score (nSPS) is 18.0. The predicted molar refractivity (Wildman–Crippen MR) is 47.8 cm³/mol. The highest BCUT2D eigenvalue weighted by atomic mass is 16.8. The number of rotatable bonds is 5. The van der Waals surface area contributed by atoms with E-state index in [-0.39, 0.29) is 0 Å². The lowest BCUT2D eigenvalue weighted by Gasteiger charge is -2.25. The largest absolute Gasteiger partial charge is 0.333 e. The first-order chi connectivity index (χ1) is 6.20. The van der Waals surface area contributed by atoms with Gasteiger partial charge in [-0.15, -0.1) is 6.58 Å². The summed E-state index contributed by atoms with van der Waals surface area (Å²) in [5, 5.41) is 0. The van der Waals surface area contributed by atoms with Crippen LogP contribution in [0.3, 0.4) is 0 Å². The molecule has 0 aliphatic heterocycles. The third-order valence-electron chi connectivity index (χ3n) is 0.890. The van der Waals surface area contributed by atoms with Crippen molar-refractivity contribution in [3.05, 3.63) is 12.7 Å². The quantitative estimate of drug-likeness (QED) is 0.473. The molecule has 0 saturated carbocycles. The van der Waals surface area contributed by atoms with Crippen LogP contribution in [0.1, 0.15) is 23.5 Å². The van der Waals surface area contributed by atoms with Gasteiger partial charge in [0.15, 0.2) is 0 Å². The fraction of sp³-hybridized carbons (Fsp3) is 0.778. The Kier molecular flexibility index (Phi) is 3.63. The maximum Gasteiger partial charge on any atom is 0.272 e. The molecule has 3 nitrogen and oxygen atoms in total. The van der Waals surface area contributed by atoms with Crippen LogP contribution in [0.2, 0.25) is 0 Å². The van der Waals surface area contributed by atoms with Gasteiger partial charge in [0.1, 0.15) is 0 Å². The molecule has 1 atom stereocenters. The van der Waals surface area contributed by atoms with E-state index in [9.17, 15) is 0 Å². The zero-order valence-electron chi connectivity index (χ0n) is 10.1. The number of hydrogen-bond donors (Lipinski definition) is 0. The summed E-state index contributed by atoms with van der Waals surface area (Å²) in [6.45, 7) is 5.79. The van der Waals surface area contributed by atoms with Crippen LogP contribution in [0, 0.1) is 0 Å². The van der Waals surface area contributed by atoms with Gasteiger partial charge in [0.2, 0.25) is 0 Å². The van der Waals surface area contributed by atoms with Gasteiger partial charge in [-0.3, -0.25) is 0 Å². The van der Waals surface area contributed by atoms with Gasteiger partial charge in [-0.1, -0.05) is 6.08 Å². The summed E-state index contributed by atoms with van der Waals surface area (Å²) < 4.78 is 29.6. The van der Waals surface area contributed by atoms with Gasteiger partial charge in [-0.25, -0.2) is 0 Å². The molecule has 0 aliphatic rings. The van der Waals surface area contributed by atoms with Crippen molar-refractivity contribution in [3.63, 3.8) is 0 Å². The minimum absolute atomic E-state index is 0.460. The summed E-state index contributed by atoms with van der Waals surface area (Å²) in [6, 6.07) is 0. The highest BCUT2D eigenvalue weighted by Crippen LogP contribution is 2.11. The Morgan fingerprint density at radius 1 is 1.58 bits per heavy atom.